The fourth-order valence-electron chi connectivity index (χ4n) is 3.02. The van der Waals surface area contributed by atoms with Crippen LogP contribution in [0, 0.1) is 0 Å². The van der Waals surface area contributed by atoms with Gasteiger partial charge >= 0.3 is 0 Å². The predicted octanol–water partition coefficient (Wildman–Crippen LogP) is 4.43. The van der Waals surface area contributed by atoms with Gasteiger partial charge in [-0.15, -0.1) is 0 Å². The van der Waals surface area contributed by atoms with Crippen molar-refractivity contribution in [2.75, 3.05) is 10.6 Å². The number of halogens is 1. The van der Waals surface area contributed by atoms with Crippen LogP contribution in [0.15, 0.2) is 66.7 Å². The number of carbonyl (C=O) groups is 1. The maximum atomic E-state index is 12.5. The quantitative estimate of drug-likeness (QED) is 0.543. The van der Waals surface area contributed by atoms with Crippen molar-refractivity contribution in [3.05, 3.63) is 88.4 Å². The number of aliphatic hydroxyl groups is 1. The van der Waals surface area contributed by atoms with E-state index in [1.54, 1.807) is 24.3 Å². The van der Waals surface area contributed by atoms with E-state index in [4.69, 9.17) is 11.6 Å². The minimum atomic E-state index is -0.859. The van der Waals surface area contributed by atoms with Gasteiger partial charge < -0.3 is 21.1 Å². The number of aliphatic hydroxyl groups excluding tert-OH is 1. The maximum Gasteiger partial charge on any atom is 0.251 e. The van der Waals surface area contributed by atoms with Gasteiger partial charge in [0.25, 0.3) is 5.91 Å². The van der Waals surface area contributed by atoms with Crippen LogP contribution in [0.2, 0.25) is 5.02 Å². The first kappa shape index (κ1) is 17.4. The molecule has 0 saturated carbocycles. The zero-order valence-corrected chi connectivity index (χ0v) is 15.1. The Morgan fingerprint density at radius 3 is 2.59 bits per heavy atom. The Bertz CT molecular complexity index is 989. The number of amides is 1. The van der Waals surface area contributed by atoms with Gasteiger partial charge in [0.05, 0.1) is 11.4 Å². The van der Waals surface area contributed by atoms with Gasteiger partial charge in [-0.05, 0) is 42.0 Å². The van der Waals surface area contributed by atoms with Crippen LogP contribution in [0.3, 0.4) is 0 Å². The molecular weight excluding hydrogens is 362 g/mol. The van der Waals surface area contributed by atoms with Gasteiger partial charge in [-0.1, -0.05) is 41.9 Å². The van der Waals surface area contributed by atoms with Gasteiger partial charge in [-0.3, -0.25) is 4.79 Å². The van der Waals surface area contributed by atoms with E-state index in [1.807, 2.05) is 42.5 Å². The number of anilines is 3. The van der Waals surface area contributed by atoms with Crippen LogP contribution in [0.4, 0.5) is 17.1 Å². The normalized spacial score (nSPS) is 14.8. The summed E-state index contributed by atoms with van der Waals surface area (Å²) >= 11 is 5.88. The van der Waals surface area contributed by atoms with Crippen molar-refractivity contribution < 1.29 is 9.90 Å². The molecule has 1 amide bonds. The summed E-state index contributed by atoms with van der Waals surface area (Å²) in [5.74, 6) is -0.189. The number of hydrogen-bond donors (Lipinski definition) is 4. The van der Waals surface area contributed by atoms with E-state index in [0.29, 0.717) is 22.8 Å². The van der Waals surface area contributed by atoms with Crippen molar-refractivity contribution in [2.24, 2.45) is 0 Å². The lowest BCUT2D eigenvalue weighted by Gasteiger charge is -2.14. The number of carbonyl (C=O) groups excluding carboxylic acids is 1. The maximum absolute atomic E-state index is 12.5. The van der Waals surface area contributed by atoms with Crippen molar-refractivity contribution in [3.63, 3.8) is 0 Å². The van der Waals surface area contributed by atoms with Crippen LogP contribution < -0.4 is 16.0 Å². The summed E-state index contributed by atoms with van der Waals surface area (Å²) in [6.45, 7) is 0.410. The Hall–Kier alpha value is -3.02. The third kappa shape index (κ3) is 3.74. The second-order valence-corrected chi connectivity index (χ2v) is 6.77. The van der Waals surface area contributed by atoms with Crippen molar-refractivity contribution in [3.8, 4) is 0 Å². The van der Waals surface area contributed by atoms with E-state index in [-0.39, 0.29) is 5.91 Å². The Labute approximate surface area is 162 Å². The SMILES string of the molecule is O=C(NCc1ccc(Cl)cc1)c1ccc2c(c1)NC(O)c1ccccc1N2. The lowest BCUT2D eigenvalue weighted by atomic mass is 10.1. The topological polar surface area (TPSA) is 73.4 Å². The molecule has 0 radical (unpaired) electrons. The van der Waals surface area contributed by atoms with Crippen LogP contribution in [-0.2, 0) is 6.54 Å². The zero-order valence-electron chi connectivity index (χ0n) is 14.4. The Kier molecular flexibility index (Phi) is 4.71. The average Bonchev–Trinajstić information content (AvgIpc) is 2.82. The molecule has 0 bridgehead atoms. The second kappa shape index (κ2) is 7.31. The molecule has 3 aromatic carbocycles. The highest BCUT2D eigenvalue weighted by Crippen LogP contribution is 2.36. The highest BCUT2D eigenvalue weighted by atomic mass is 35.5. The molecule has 4 N–H and O–H groups in total. The van der Waals surface area contributed by atoms with Gasteiger partial charge in [-0.25, -0.2) is 0 Å². The first-order valence-electron chi connectivity index (χ1n) is 8.57. The summed E-state index contributed by atoms with van der Waals surface area (Å²) in [6, 6.07) is 20.2. The highest BCUT2D eigenvalue weighted by molar-refractivity contribution is 6.30. The molecule has 1 aliphatic rings. The number of fused-ring (bicyclic) bond motifs is 2. The minimum absolute atomic E-state index is 0.189. The Morgan fingerprint density at radius 2 is 1.78 bits per heavy atom. The van der Waals surface area contributed by atoms with Crippen LogP contribution in [0.5, 0.6) is 0 Å². The number of benzene rings is 3. The molecule has 0 spiro atoms. The molecule has 0 fully saturated rings. The van der Waals surface area contributed by atoms with E-state index in [9.17, 15) is 9.90 Å². The van der Waals surface area contributed by atoms with Crippen LogP contribution in [-0.4, -0.2) is 11.0 Å². The lowest BCUT2D eigenvalue weighted by molar-refractivity contribution is 0.0951. The molecule has 1 aliphatic heterocycles. The van der Waals surface area contributed by atoms with Crippen molar-refractivity contribution in [1.82, 2.24) is 5.32 Å². The fraction of sp³-hybridized carbons (Fsp3) is 0.0952. The summed E-state index contributed by atoms with van der Waals surface area (Å²) in [5.41, 5.74) is 4.52. The van der Waals surface area contributed by atoms with Gasteiger partial charge in [0.1, 0.15) is 0 Å². The van der Waals surface area contributed by atoms with Crippen LogP contribution in [0.1, 0.15) is 27.7 Å². The second-order valence-electron chi connectivity index (χ2n) is 6.33. The summed E-state index contributed by atoms with van der Waals surface area (Å²) in [4.78, 5) is 12.5. The summed E-state index contributed by atoms with van der Waals surface area (Å²) in [5, 5.41) is 20.3. The largest absolute Gasteiger partial charge is 0.369 e. The third-order valence-corrected chi connectivity index (χ3v) is 4.72. The molecule has 0 aromatic heterocycles. The molecule has 27 heavy (non-hydrogen) atoms. The van der Waals surface area contributed by atoms with E-state index in [2.05, 4.69) is 16.0 Å². The first-order valence-corrected chi connectivity index (χ1v) is 8.95. The van der Waals surface area contributed by atoms with Crippen molar-refractivity contribution in [1.29, 1.82) is 0 Å². The summed E-state index contributed by atoms with van der Waals surface area (Å²) in [6.07, 6.45) is -0.859. The Balaban J connectivity index is 1.52. The van der Waals surface area contributed by atoms with Gasteiger partial charge in [-0.2, -0.15) is 0 Å². The molecule has 1 heterocycles. The molecule has 3 aromatic rings. The van der Waals surface area contributed by atoms with Gasteiger partial charge in [0, 0.05) is 28.4 Å². The standard InChI is InChI=1S/C21H18ClN3O2/c22-15-8-5-13(6-9-15)12-23-20(26)14-7-10-18-19(11-14)25-21(27)16-3-1-2-4-17(16)24-18/h1-11,21,24-25,27H,12H2,(H,23,26). The Morgan fingerprint density at radius 1 is 1.00 bits per heavy atom. The molecule has 6 heteroatoms. The summed E-state index contributed by atoms with van der Waals surface area (Å²) < 4.78 is 0. The molecule has 5 nitrogen and oxygen atoms in total. The third-order valence-electron chi connectivity index (χ3n) is 4.47. The zero-order chi connectivity index (χ0) is 18.8. The molecule has 1 atom stereocenters. The number of para-hydroxylation sites is 1. The smallest absolute Gasteiger partial charge is 0.251 e. The van der Waals surface area contributed by atoms with E-state index >= 15 is 0 Å². The number of nitrogens with one attached hydrogen (secondary N) is 3. The minimum Gasteiger partial charge on any atom is -0.369 e. The van der Waals surface area contributed by atoms with Crippen LogP contribution in [0.25, 0.3) is 0 Å². The van der Waals surface area contributed by atoms with E-state index in [1.165, 1.54) is 0 Å². The fourth-order valence-corrected chi connectivity index (χ4v) is 3.15. The highest BCUT2D eigenvalue weighted by Gasteiger charge is 2.20. The average molecular weight is 380 g/mol. The molecule has 4 rings (SSSR count). The van der Waals surface area contributed by atoms with E-state index < -0.39 is 6.23 Å². The van der Waals surface area contributed by atoms with Crippen molar-refractivity contribution >= 4 is 34.6 Å². The molecule has 136 valence electrons. The molecule has 1 unspecified atom stereocenters. The predicted molar refractivity (Wildman–Crippen MR) is 107 cm³/mol. The molecule has 0 aliphatic carbocycles. The number of hydrogen-bond acceptors (Lipinski definition) is 4. The monoisotopic (exact) mass is 379 g/mol. The van der Waals surface area contributed by atoms with Crippen LogP contribution >= 0.6 is 11.6 Å². The summed E-state index contributed by atoms with van der Waals surface area (Å²) in [7, 11) is 0. The first-order chi connectivity index (χ1) is 13.1. The lowest BCUT2D eigenvalue weighted by Crippen LogP contribution is -2.23. The number of rotatable bonds is 3. The molecular formula is C21H18ClN3O2. The van der Waals surface area contributed by atoms with Gasteiger partial charge in [0.2, 0.25) is 0 Å². The van der Waals surface area contributed by atoms with Crippen molar-refractivity contribution in [2.45, 2.75) is 12.8 Å². The van der Waals surface area contributed by atoms with Gasteiger partial charge in [0.15, 0.2) is 6.23 Å². The van der Waals surface area contributed by atoms with E-state index in [0.717, 1.165) is 22.5 Å². The molecule has 0 saturated heterocycles.